The molecule has 6 nitrogen and oxygen atoms in total. The summed E-state index contributed by atoms with van der Waals surface area (Å²) in [4.78, 5) is 38.7. The van der Waals surface area contributed by atoms with Crippen molar-refractivity contribution in [2.45, 2.75) is 33.6 Å². The van der Waals surface area contributed by atoms with Crippen molar-refractivity contribution >= 4 is 29.2 Å². The SMILES string of the molecule is CCc1ccccc1NC(=O)COC(=O)[C@H]1CC(=O)N(c2cccc(C)c2C)C1. The minimum atomic E-state index is -0.571. The van der Waals surface area contributed by atoms with Gasteiger partial charge in [0.05, 0.1) is 5.92 Å². The molecule has 1 atom stereocenters. The van der Waals surface area contributed by atoms with Gasteiger partial charge in [-0.2, -0.15) is 0 Å². The Morgan fingerprint density at radius 1 is 1.14 bits per heavy atom. The number of ether oxygens (including phenoxy) is 1. The predicted octanol–water partition coefficient (Wildman–Crippen LogP) is 3.40. The zero-order valence-corrected chi connectivity index (χ0v) is 17.0. The van der Waals surface area contributed by atoms with Gasteiger partial charge in [0.2, 0.25) is 5.91 Å². The maximum absolute atomic E-state index is 12.4. The second-order valence-electron chi connectivity index (χ2n) is 7.29. The number of hydrogen-bond donors (Lipinski definition) is 1. The molecule has 0 saturated carbocycles. The van der Waals surface area contributed by atoms with Gasteiger partial charge >= 0.3 is 5.97 Å². The van der Waals surface area contributed by atoms with Crippen LogP contribution in [0.25, 0.3) is 0 Å². The molecule has 6 heteroatoms. The van der Waals surface area contributed by atoms with Crippen LogP contribution in [0.2, 0.25) is 0 Å². The first kappa shape index (κ1) is 20.6. The summed E-state index contributed by atoms with van der Waals surface area (Å²) in [5.74, 6) is -1.60. The van der Waals surface area contributed by atoms with E-state index in [1.54, 1.807) is 4.90 Å². The van der Waals surface area contributed by atoms with Crippen molar-refractivity contribution in [1.29, 1.82) is 0 Å². The van der Waals surface area contributed by atoms with Crippen LogP contribution in [0.15, 0.2) is 42.5 Å². The van der Waals surface area contributed by atoms with Gasteiger partial charge in [0, 0.05) is 24.3 Å². The van der Waals surface area contributed by atoms with Crippen molar-refractivity contribution in [3.05, 3.63) is 59.2 Å². The van der Waals surface area contributed by atoms with Crippen molar-refractivity contribution < 1.29 is 19.1 Å². The average molecular weight is 394 g/mol. The van der Waals surface area contributed by atoms with Gasteiger partial charge in [-0.1, -0.05) is 37.3 Å². The molecule has 152 valence electrons. The van der Waals surface area contributed by atoms with E-state index in [9.17, 15) is 14.4 Å². The van der Waals surface area contributed by atoms with Crippen LogP contribution in [0.5, 0.6) is 0 Å². The Kier molecular flexibility index (Phi) is 6.32. The molecular weight excluding hydrogens is 368 g/mol. The first-order valence-electron chi connectivity index (χ1n) is 9.81. The van der Waals surface area contributed by atoms with E-state index in [-0.39, 0.29) is 25.5 Å². The van der Waals surface area contributed by atoms with Crippen LogP contribution >= 0.6 is 0 Å². The summed E-state index contributed by atoms with van der Waals surface area (Å²) in [5.41, 5.74) is 4.65. The highest BCUT2D eigenvalue weighted by molar-refractivity contribution is 6.00. The van der Waals surface area contributed by atoms with Gasteiger partial charge in [-0.3, -0.25) is 14.4 Å². The van der Waals surface area contributed by atoms with E-state index in [1.807, 2.05) is 63.2 Å². The van der Waals surface area contributed by atoms with Crippen LogP contribution in [0.4, 0.5) is 11.4 Å². The normalized spacial score (nSPS) is 16.0. The standard InChI is InChI=1S/C23H26N2O4/c1-4-17-9-5-6-10-19(17)24-21(26)14-29-23(28)18-12-22(27)25(13-18)20-11-7-8-15(2)16(20)3/h5-11,18H,4,12-14H2,1-3H3,(H,24,26)/t18-/m0/s1. The Morgan fingerprint density at radius 2 is 1.90 bits per heavy atom. The number of rotatable bonds is 6. The number of aryl methyl sites for hydroxylation is 2. The molecule has 0 bridgehead atoms. The zero-order chi connectivity index (χ0) is 21.0. The Balaban J connectivity index is 1.57. The lowest BCUT2D eigenvalue weighted by Crippen LogP contribution is -2.28. The highest BCUT2D eigenvalue weighted by Gasteiger charge is 2.37. The summed E-state index contributed by atoms with van der Waals surface area (Å²) in [6.45, 7) is 5.85. The van der Waals surface area contributed by atoms with Crippen molar-refractivity contribution in [2.24, 2.45) is 5.92 Å². The Hall–Kier alpha value is -3.15. The van der Waals surface area contributed by atoms with Gasteiger partial charge in [0.15, 0.2) is 6.61 Å². The smallest absolute Gasteiger partial charge is 0.311 e. The van der Waals surface area contributed by atoms with Crippen LogP contribution in [0.1, 0.15) is 30.0 Å². The van der Waals surface area contributed by atoms with Gasteiger partial charge in [-0.15, -0.1) is 0 Å². The molecule has 1 saturated heterocycles. The summed E-state index contributed by atoms with van der Waals surface area (Å²) in [7, 11) is 0. The lowest BCUT2D eigenvalue weighted by atomic mass is 10.1. The van der Waals surface area contributed by atoms with E-state index in [0.29, 0.717) is 5.69 Å². The molecule has 2 aromatic rings. The maximum Gasteiger partial charge on any atom is 0.311 e. The van der Waals surface area contributed by atoms with Crippen molar-refractivity contribution in [2.75, 3.05) is 23.4 Å². The lowest BCUT2D eigenvalue weighted by molar-refractivity contribution is -0.151. The molecule has 3 rings (SSSR count). The largest absolute Gasteiger partial charge is 0.455 e. The topological polar surface area (TPSA) is 75.7 Å². The van der Waals surface area contributed by atoms with Gasteiger partial charge in [-0.05, 0) is 49.1 Å². The molecule has 2 aromatic carbocycles. The number of nitrogens with zero attached hydrogens (tertiary/aromatic N) is 1. The molecule has 0 aliphatic carbocycles. The first-order chi connectivity index (χ1) is 13.9. The van der Waals surface area contributed by atoms with E-state index < -0.39 is 17.8 Å². The molecule has 1 fully saturated rings. The third-order valence-electron chi connectivity index (χ3n) is 5.34. The molecule has 1 heterocycles. The predicted molar refractivity (Wildman–Crippen MR) is 112 cm³/mol. The molecule has 1 N–H and O–H groups in total. The minimum Gasteiger partial charge on any atom is -0.455 e. The number of para-hydroxylation sites is 1. The molecule has 1 aliphatic rings. The summed E-state index contributed by atoms with van der Waals surface area (Å²) >= 11 is 0. The molecular formula is C23H26N2O4. The summed E-state index contributed by atoms with van der Waals surface area (Å²) in [6, 6.07) is 13.3. The summed E-state index contributed by atoms with van der Waals surface area (Å²) in [6.07, 6.45) is 0.876. The quantitative estimate of drug-likeness (QED) is 0.762. The number of nitrogens with one attached hydrogen (secondary N) is 1. The van der Waals surface area contributed by atoms with Crippen molar-refractivity contribution in [3.8, 4) is 0 Å². The number of hydrogen-bond acceptors (Lipinski definition) is 4. The van der Waals surface area contributed by atoms with Gasteiger partial charge in [-0.25, -0.2) is 0 Å². The van der Waals surface area contributed by atoms with E-state index >= 15 is 0 Å². The highest BCUT2D eigenvalue weighted by Crippen LogP contribution is 2.29. The van der Waals surface area contributed by atoms with E-state index in [1.165, 1.54) is 0 Å². The first-order valence-corrected chi connectivity index (χ1v) is 9.81. The minimum absolute atomic E-state index is 0.0898. The lowest BCUT2D eigenvalue weighted by Gasteiger charge is -2.20. The Bertz CT molecular complexity index is 938. The van der Waals surface area contributed by atoms with Crippen LogP contribution in [-0.2, 0) is 25.5 Å². The molecule has 1 aliphatic heterocycles. The fourth-order valence-corrected chi connectivity index (χ4v) is 3.52. The van der Waals surface area contributed by atoms with E-state index in [4.69, 9.17) is 4.74 Å². The highest BCUT2D eigenvalue weighted by atomic mass is 16.5. The third kappa shape index (κ3) is 4.65. The zero-order valence-electron chi connectivity index (χ0n) is 17.0. The molecule has 2 amide bonds. The fourth-order valence-electron chi connectivity index (χ4n) is 3.52. The summed E-state index contributed by atoms with van der Waals surface area (Å²) < 4.78 is 5.19. The van der Waals surface area contributed by atoms with Gasteiger partial charge in [0.25, 0.3) is 5.91 Å². The number of carbonyl (C=O) groups is 3. The number of carbonyl (C=O) groups excluding carboxylic acids is 3. The number of amides is 2. The number of benzene rings is 2. The van der Waals surface area contributed by atoms with Crippen LogP contribution in [-0.4, -0.2) is 30.9 Å². The van der Waals surface area contributed by atoms with Crippen LogP contribution < -0.4 is 10.2 Å². The van der Waals surface area contributed by atoms with Gasteiger partial charge in [0.1, 0.15) is 0 Å². The van der Waals surface area contributed by atoms with Crippen LogP contribution in [0, 0.1) is 19.8 Å². The Labute approximate surface area is 170 Å². The average Bonchev–Trinajstić information content (AvgIpc) is 3.10. The second kappa shape index (κ2) is 8.90. The van der Waals surface area contributed by atoms with Crippen molar-refractivity contribution in [3.63, 3.8) is 0 Å². The fraction of sp³-hybridized carbons (Fsp3) is 0.348. The molecule has 0 aromatic heterocycles. The summed E-state index contributed by atoms with van der Waals surface area (Å²) in [5, 5.41) is 2.77. The van der Waals surface area contributed by atoms with Gasteiger partial charge < -0.3 is 15.0 Å². The molecule has 0 spiro atoms. The molecule has 29 heavy (non-hydrogen) atoms. The second-order valence-corrected chi connectivity index (χ2v) is 7.29. The maximum atomic E-state index is 12.4. The molecule has 0 radical (unpaired) electrons. The van der Waals surface area contributed by atoms with Crippen molar-refractivity contribution in [1.82, 2.24) is 0 Å². The third-order valence-corrected chi connectivity index (χ3v) is 5.34. The molecule has 0 unspecified atom stereocenters. The van der Waals surface area contributed by atoms with Crippen LogP contribution in [0.3, 0.4) is 0 Å². The van der Waals surface area contributed by atoms with E-state index in [0.717, 1.165) is 28.8 Å². The monoisotopic (exact) mass is 394 g/mol. The number of anilines is 2. The number of esters is 1. The Morgan fingerprint density at radius 3 is 2.66 bits per heavy atom. The van der Waals surface area contributed by atoms with E-state index in [2.05, 4.69) is 5.32 Å².